The first-order chi connectivity index (χ1) is 7.22. The van der Waals surface area contributed by atoms with Crippen LogP contribution in [-0.4, -0.2) is 29.5 Å². The zero-order chi connectivity index (χ0) is 11.1. The van der Waals surface area contributed by atoms with Crippen LogP contribution in [0.3, 0.4) is 0 Å². The van der Waals surface area contributed by atoms with E-state index in [0.29, 0.717) is 11.8 Å². The summed E-state index contributed by atoms with van der Waals surface area (Å²) >= 11 is 0. The number of nitrogens with one attached hydrogen (secondary N) is 2. The van der Waals surface area contributed by atoms with Gasteiger partial charge in [-0.25, -0.2) is 13.8 Å². The van der Waals surface area contributed by atoms with Gasteiger partial charge in [-0.2, -0.15) is 4.98 Å². The number of anilines is 2. The third-order valence-corrected chi connectivity index (χ3v) is 1.63. The molecule has 4 nitrogen and oxygen atoms in total. The molecule has 1 rings (SSSR count). The molecule has 84 valence electrons. The molecule has 0 bridgehead atoms. The van der Waals surface area contributed by atoms with E-state index in [0.717, 1.165) is 13.0 Å². The number of alkyl halides is 2. The predicted molar refractivity (Wildman–Crippen MR) is 55.3 cm³/mol. The first kappa shape index (κ1) is 11.6. The van der Waals surface area contributed by atoms with E-state index >= 15 is 0 Å². The molecule has 15 heavy (non-hydrogen) atoms. The van der Waals surface area contributed by atoms with Gasteiger partial charge in [0.15, 0.2) is 0 Å². The van der Waals surface area contributed by atoms with Crippen LogP contribution in [-0.2, 0) is 0 Å². The fourth-order valence-electron chi connectivity index (χ4n) is 0.961. The summed E-state index contributed by atoms with van der Waals surface area (Å²) in [5, 5.41) is 5.49. The minimum atomic E-state index is -2.38. The minimum absolute atomic E-state index is 0.399. The van der Waals surface area contributed by atoms with Gasteiger partial charge in [-0.05, 0) is 12.5 Å². The fourth-order valence-corrected chi connectivity index (χ4v) is 0.961. The summed E-state index contributed by atoms with van der Waals surface area (Å²) in [6.45, 7) is 2.38. The van der Waals surface area contributed by atoms with E-state index in [4.69, 9.17) is 0 Å². The zero-order valence-corrected chi connectivity index (χ0v) is 8.50. The smallest absolute Gasteiger partial charge is 0.255 e. The van der Waals surface area contributed by atoms with Crippen molar-refractivity contribution in [2.75, 3.05) is 23.7 Å². The van der Waals surface area contributed by atoms with Crippen LogP contribution >= 0.6 is 0 Å². The number of aromatic nitrogens is 2. The molecule has 1 heterocycles. The Hall–Kier alpha value is -1.46. The van der Waals surface area contributed by atoms with E-state index in [1.54, 1.807) is 6.07 Å². The molecule has 0 unspecified atom stereocenters. The standard InChI is InChI=1S/C9H14F2N4/c1-2-4-12-9-13-5-3-8(15-9)14-6-7(10)11/h3,5,7H,2,4,6H2,1H3,(H2,12,13,14,15). The van der Waals surface area contributed by atoms with Crippen LogP contribution < -0.4 is 10.6 Å². The van der Waals surface area contributed by atoms with Crippen LogP contribution in [0.4, 0.5) is 20.5 Å². The van der Waals surface area contributed by atoms with Crippen LogP contribution in [0, 0.1) is 0 Å². The molecule has 1 aromatic heterocycles. The molecule has 0 spiro atoms. The average Bonchev–Trinajstić information content (AvgIpc) is 2.24. The fraction of sp³-hybridized carbons (Fsp3) is 0.556. The third-order valence-electron chi connectivity index (χ3n) is 1.63. The van der Waals surface area contributed by atoms with Gasteiger partial charge in [0.05, 0.1) is 6.54 Å². The van der Waals surface area contributed by atoms with E-state index in [1.165, 1.54) is 6.20 Å². The van der Waals surface area contributed by atoms with Crippen LogP contribution in [0.1, 0.15) is 13.3 Å². The Labute approximate surface area is 87.1 Å². The van der Waals surface area contributed by atoms with Crippen molar-refractivity contribution in [1.82, 2.24) is 9.97 Å². The number of hydrogen-bond donors (Lipinski definition) is 2. The second-order valence-corrected chi connectivity index (χ2v) is 2.96. The lowest BCUT2D eigenvalue weighted by atomic mass is 10.5. The highest BCUT2D eigenvalue weighted by Gasteiger charge is 2.03. The van der Waals surface area contributed by atoms with Crippen molar-refractivity contribution in [3.63, 3.8) is 0 Å². The Morgan fingerprint density at radius 2 is 2.20 bits per heavy atom. The third kappa shape index (κ3) is 4.53. The molecule has 0 aliphatic carbocycles. The molecule has 0 saturated carbocycles. The van der Waals surface area contributed by atoms with E-state index in [1.807, 2.05) is 6.92 Å². The molecule has 0 radical (unpaired) electrons. The highest BCUT2D eigenvalue weighted by molar-refractivity contribution is 5.39. The summed E-state index contributed by atoms with van der Waals surface area (Å²) in [7, 11) is 0. The Balaban J connectivity index is 2.50. The van der Waals surface area contributed by atoms with Crippen LogP contribution in [0.25, 0.3) is 0 Å². The lowest BCUT2D eigenvalue weighted by Crippen LogP contribution is -2.12. The summed E-state index contributed by atoms with van der Waals surface area (Å²) in [6, 6.07) is 1.56. The molecule has 0 fully saturated rings. The van der Waals surface area contributed by atoms with Crippen LogP contribution in [0.2, 0.25) is 0 Å². The summed E-state index contributed by atoms with van der Waals surface area (Å²) < 4.78 is 23.8. The molecule has 0 saturated heterocycles. The minimum Gasteiger partial charge on any atom is -0.364 e. The molecule has 1 aromatic rings. The van der Waals surface area contributed by atoms with E-state index < -0.39 is 13.0 Å². The Morgan fingerprint density at radius 3 is 2.87 bits per heavy atom. The maximum atomic E-state index is 11.9. The normalized spacial score (nSPS) is 10.4. The highest BCUT2D eigenvalue weighted by Crippen LogP contribution is 2.06. The van der Waals surface area contributed by atoms with Crippen molar-refractivity contribution < 1.29 is 8.78 Å². The Bertz CT molecular complexity index is 293. The summed E-state index contributed by atoms with van der Waals surface area (Å²) in [5.41, 5.74) is 0. The largest absolute Gasteiger partial charge is 0.364 e. The zero-order valence-electron chi connectivity index (χ0n) is 8.50. The molecule has 0 atom stereocenters. The quantitative estimate of drug-likeness (QED) is 0.763. The molecule has 2 N–H and O–H groups in total. The molecule has 0 amide bonds. The van der Waals surface area contributed by atoms with E-state index in [2.05, 4.69) is 20.6 Å². The highest BCUT2D eigenvalue weighted by atomic mass is 19.3. The van der Waals surface area contributed by atoms with E-state index in [-0.39, 0.29) is 0 Å². The molecular formula is C9H14F2N4. The van der Waals surface area contributed by atoms with Crippen molar-refractivity contribution in [1.29, 1.82) is 0 Å². The molecule has 0 aromatic carbocycles. The predicted octanol–water partition coefficient (Wildman–Crippen LogP) is 1.98. The Morgan fingerprint density at radius 1 is 1.40 bits per heavy atom. The van der Waals surface area contributed by atoms with Gasteiger partial charge in [0.1, 0.15) is 5.82 Å². The maximum Gasteiger partial charge on any atom is 0.255 e. The van der Waals surface area contributed by atoms with Crippen molar-refractivity contribution in [3.05, 3.63) is 12.3 Å². The molecule has 0 aliphatic heterocycles. The van der Waals surface area contributed by atoms with Gasteiger partial charge >= 0.3 is 0 Å². The summed E-state index contributed by atoms with van der Waals surface area (Å²) in [4.78, 5) is 7.97. The monoisotopic (exact) mass is 216 g/mol. The van der Waals surface area contributed by atoms with Gasteiger partial charge in [0, 0.05) is 12.7 Å². The Kier molecular flexibility index (Phi) is 4.73. The van der Waals surface area contributed by atoms with Crippen molar-refractivity contribution in [3.8, 4) is 0 Å². The van der Waals surface area contributed by atoms with Crippen LogP contribution in [0.15, 0.2) is 12.3 Å². The molecule has 6 heteroatoms. The number of rotatable bonds is 6. The summed E-state index contributed by atoms with van der Waals surface area (Å²) in [6.07, 6.45) is 0.101. The topological polar surface area (TPSA) is 49.8 Å². The molecular weight excluding hydrogens is 202 g/mol. The second kappa shape index (κ2) is 6.10. The maximum absolute atomic E-state index is 11.9. The van der Waals surface area contributed by atoms with Gasteiger partial charge in [-0.3, -0.25) is 0 Å². The van der Waals surface area contributed by atoms with Gasteiger partial charge < -0.3 is 10.6 Å². The lowest BCUT2D eigenvalue weighted by molar-refractivity contribution is 0.163. The first-order valence-corrected chi connectivity index (χ1v) is 4.81. The lowest BCUT2D eigenvalue weighted by Gasteiger charge is -2.06. The van der Waals surface area contributed by atoms with Gasteiger partial charge in [0.2, 0.25) is 5.95 Å². The van der Waals surface area contributed by atoms with Gasteiger partial charge in [-0.15, -0.1) is 0 Å². The number of hydrogen-bond acceptors (Lipinski definition) is 4. The molecule has 0 aliphatic rings. The van der Waals surface area contributed by atoms with Gasteiger partial charge in [0.25, 0.3) is 6.43 Å². The SMILES string of the molecule is CCCNc1nccc(NCC(F)F)n1. The summed E-state index contributed by atoms with van der Waals surface area (Å²) in [5.74, 6) is 0.861. The van der Waals surface area contributed by atoms with Crippen molar-refractivity contribution in [2.24, 2.45) is 0 Å². The second-order valence-electron chi connectivity index (χ2n) is 2.96. The number of nitrogens with zero attached hydrogens (tertiary/aromatic N) is 2. The first-order valence-electron chi connectivity index (χ1n) is 4.81. The van der Waals surface area contributed by atoms with Gasteiger partial charge in [-0.1, -0.05) is 6.92 Å². The van der Waals surface area contributed by atoms with Crippen molar-refractivity contribution >= 4 is 11.8 Å². The average molecular weight is 216 g/mol. The van der Waals surface area contributed by atoms with Crippen LogP contribution in [0.5, 0.6) is 0 Å². The van der Waals surface area contributed by atoms with Crippen molar-refractivity contribution in [2.45, 2.75) is 19.8 Å². The van der Waals surface area contributed by atoms with E-state index in [9.17, 15) is 8.78 Å². The number of halogens is 2.